The molecule has 0 fully saturated rings. The second kappa shape index (κ2) is 5.17. The Balaban J connectivity index is 2.06. The van der Waals surface area contributed by atoms with Crippen molar-refractivity contribution in [2.24, 2.45) is 5.73 Å². The minimum absolute atomic E-state index is 0.534. The van der Waals surface area contributed by atoms with E-state index in [1.807, 2.05) is 22.9 Å². The van der Waals surface area contributed by atoms with Crippen molar-refractivity contribution >= 4 is 23.8 Å². The summed E-state index contributed by atoms with van der Waals surface area (Å²) in [5, 5.41) is 6.94. The van der Waals surface area contributed by atoms with Crippen molar-refractivity contribution in [3.05, 3.63) is 62.9 Å². The number of halogens is 1. The summed E-state index contributed by atoms with van der Waals surface area (Å²) in [7, 11) is 0. The van der Waals surface area contributed by atoms with Crippen molar-refractivity contribution in [3.8, 4) is 0 Å². The first-order chi connectivity index (χ1) is 9.63. The van der Waals surface area contributed by atoms with Gasteiger partial charge >= 0.3 is 0 Å². The lowest BCUT2D eigenvalue weighted by molar-refractivity contribution is 0.666. The highest BCUT2D eigenvalue weighted by molar-refractivity contribution is 6.29. The number of benzene rings is 1. The van der Waals surface area contributed by atoms with E-state index in [4.69, 9.17) is 17.3 Å². The van der Waals surface area contributed by atoms with Crippen LogP contribution in [-0.2, 0) is 6.54 Å². The molecule has 2 N–H and O–H groups in total. The molecule has 0 atom stereocenters. The van der Waals surface area contributed by atoms with E-state index in [-0.39, 0.29) is 0 Å². The average molecular weight is 286 g/mol. The number of aryl methyl sites for hydroxylation is 1. The Morgan fingerprint density at radius 1 is 1.25 bits per heavy atom. The number of nitrogens with zero attached hydrogens (tertiary/aromatic N) is 2. The van der Waals surface area contributed by atoms with E-state index in [1.54, 1.807) is 0 Å². The van der Waals surface area contributed by atoms with Gasteiger partial charge in [0, 0.05) is 17.3 Å². The third-order valence-electron chi connectivity index (χ3n) is 3.43. The molecular weight excluding hydrogens is 270 g/mol. The first-order valence-electron chi connectivity index (χ1n) is 6.58. The molecule has 1 heterocycles. The van der Waals surface area contributed by atoms with Crippen LogP contribution in [0.4, 0.5) is 0 Å². The van der Waals surface area contributed by atoms with E-state index in [2.05, 4.69) is 36.3 Å². The molecule has 1 aliphatic rings. The van der Waals surface area contributed by atoms with Crippen LogP contribution in [0.25, 0.3) is 12.2 Å². The molecule has 3 nitrogen and oxygen atoms in total. The summed E-state index contributed by atoms with van der Waals surface area (Å²) in [5.41, 5.74) is 9.15. The third kappa shape index (κ3) is 2.49. The molecule has 0 saturated heterocycles. The standard InChI is InChI=1S/C16H16ClN3/c1-11-2-4-12(5-3-11)10-20-15-9-7-13(18)6-8-14(15)16(17)19-20/h2-5,7-9H,6,10,18H2,1H3. The molecule has 1 aliphatic carbocycles. The van der Waals surface area contributed by atoms with Crippen LogP contribution in [0.5, 0.6) is 0 Å². The Labute approximate surface area is 122 Å². The Morgan fingerprint density at radius 2 is 2.00 bits per heavy atom. The fourth-order valence-corrected chi connectivity index (χ4v) is 2.55. The quantitative estimate of drug-likeness (QED) is 0.913. The van der Waals surface area contributed by atoms with Gasteiger partial charge in [0.05, 0.1) is 11.9 Å². The summed E-state index contributed by atoms with van der Waals surface area (Å²) in [5.74, 6) is 0. The van der Waals surface area contributed by atoms with Gasteiger partial charge in [0.1, 0.15) is 0 Å². The molecule has 0 amide bonds. The largest absolute Gasteiger partial charge is 0.402 e. The van der Waals surface area contributed by atoms with Crippen LogP contribution < -0.4 is 16.3 Å². The van der Waals surface area contributed by atoms with Gasteiger partial charge in [0.15, 0.2) is 5.15 Å². The molecule has 1 aromatic heterocycles. The van der Waals surface area contributed by atoms with Crippen LogP contribution in [0, 0.1) is 6.92 Å². The maximum absolute atomic E-state index is 6.23. The molecule has 2 aromatic rings. The maximum atomic E-state index is 6.23. The van der Waals surface area contributed by atoms with Crippen molar-refractivity contribution in [2.45, 2.75) is 19.9 Å². The highest BCUT2D eigenvalue weighted by atomic mass is 35.5. The Hall–Kier alpha value is -2.00. The predicted molar refractivity (Wildman–Crippen MR) is 82.6 cm³/mol. The number of fused-ring (bicyclic) bond motifs is 1. The van der Waals surface area contributed by atoms with Crippen LogP contribution in [0.2, 0.25) is 5.15 Å². The van der Waals surface area contributed by atoms with E-state index in [0.717, 1.165) is 16.3 Å². The molecule has 0 bridgehead atoms. The molecule has 102 valence electrons. The van der Waals surface area contributed by atoms with Gasteiger partial charge in [0.25, 0.3) is 0 Å². The normalized spacial score (nSPS) is 13.8. The molecular formula is C16H16ClN3. The van der Waals surface area contributed by atoms with Gasteiger partial charge in [-0.15, -0.1) is 0 Å². The second-order valence-corrected chi connectivity index (χ2v) is 5.41. The topological polar surface area (TPSA) is 43.8 Å². The molecule has 20 heavy (non-hydrogen) atoms. The second-order valence-electron chi connectivity index (χ2n) is 5.05. The summed E-state index contributed by atoms with van der Waals surface area (Å²) in [6, 6.07) is 8.43. The number of allylic oxidation sites excluding steroid dienone is 2. The van der Waals surface area contributed by atoms with Gasteiger partial charge < -0.3 is 5.73 Å². The summed E-state index contributed by atoms with van der Waals surface area (Å²) in [6.07, 6.45) is 6.65. The van der Waals surface area contributed by atoms with Gasteiger partial charge in [0.2, 0.25) is 0 Å². The van der Waals surface area contributed by atoms with Crippen LogP contribution in [0.15, 0.2) is 36.0 Å². The van der Waals surface area contributed by atoms with Crippen molar-refractivity contribution in [1.82, 2.24) is 9.78 Å². The number of hydrogen-bond acceptors (Lipinski definition) is 2. The maximum Gasteiger partial charge on any atom is 0.158 e. The van der Waals surface area contributed by atoms with Gasteiger partial charge in [-0.05, 0) is 24.6 Å². The summed E-state index contributed by atoms with van der Waals surface area (Å²) >= 11 is 6.23. The average Bonchev–Trinajstić information content (AvgIpc) is 2.59. The van der Waals surface area contributed by atoms with Gasteiger partial charge in [-0.1, -0.05) is 47.5 Å². The van der Waals surface area contributed by atoms with E-state index in [9.17, 15) is 0 Å². The predicted octanol–water partition coefficient (Wildman–Crippen LogP) is 1.70. The van der Waals surface area contributed by atoms with Gasteiger partial charge in [-0.3, -0.25) is 4.68 Å². The lowest BCUT2D eigenvalue weighted by Gasteiger charge is -2.03. The van der Waals surface area contributed by atoms with Crippen molar-refractivity contribution in [2.75, 3.05) is 0 Å². The molecule has 0 unspecified atom stereocenters. The molecule has 3 rings (SSSR count). The highest BCUT2D eigenvalue weighted by Crippen LogP contribution is 2.06. The fraction of sp³-hybridized carbons (Fsp3) is 0.188. The van der Waals surface area contributed by atoms with E-state index in [0.29, 0.717) is 18.1 Å². The highest BCUT2D eigenvalue weighted by Gasteiger charge is 2.07. The Morgan fingerprint density at radius 3 is 2.75 bits per heavy atom. The molecule has 0 spiro atoms. The Kier molecular flexibility index (Phi) is 3.36. The molecule has 4 heteroatoms. The lowest BCUT2D eigenvalue weighted by Crippen LogP contribution is -2.29. The lowest BCUT2D eigenvalue weighted by atomic mass is 10.1. The minimum Gasteiger partial charge on any atom is -0.402 e. The number of aromatic nitrogens is 2. The SMILES string of the molecule is Cc1ccc(Cn2nc(Cl)c3c2=CC=C(N)CC=3)cc1. The number of rotatable bonds is 2. The van der Waals surface area contributed by atoms with E-state index in [1.165, 1.54) is 11.1 Å². The third-order valence-corrected chi connectivity index (χ3v) is 3.71. The summed E-state index contributed by atoms with van der Waals surface area (Å²) < 4.78 is 1.92. The molecule has 0 saturated carbocycles. The van der Waals surface area contributed by atoms with Crippen molar-refractivity contribution < 1.29 is 0 Å². The van der Waals surface area contributed by atoms with E-state index < -0.39 is 0 Å². The fourth-order valence-electron chi connectivity index (χ4n) is 2.28. The van der Waals surface area contributed by atoms with Gasteiger partial charge in [-0.25, -0.2) is 0 Å². The zero-order valence-corrected chi connectivity index (χ0v) is 12.1. The van der Waals surface area contributed by atoms with Crippen LogP contribution in [0.3, 0.4) is 0 Å². The van der Waals surface area contributed by atoms with Gasteiger partial charge in [-0.2, -0.15) is 5.10 Å². The zero-order chi connectivity index (χ0) is 14.1. The van der Waals surface area contributed by atoms with Crippen LogP contribution in [-0.4, -0.2) is 9.78 Å². The summed E-state index contributed by atoms with van der Waals surface area (Å²) in [4.78, 5) is 0. The molecule has 0 aliphatic heterocycles. The monoisotopic (exact) mass is 285 g/mol. The summed E-state index contributed by atoms with van der Waals surface area (Å²) in [6.45, 7) is 2.78. The zero-order valence-electron chi connectivity index (χ0n) is 11.3. The van der Waals surface area contributed by atoms with Crippen molar-refractivity contribution in [3.63, 3.8) is 0 Å². The first kappa shape index (κ1) is 13.0. The number of nitrogens with two attached hydrogens (primary N) is 1. The Bertz CT molecular complexity index is 782. The smallest absolute Gasteiger partial charge is 0.158 e. The van der Waals surface area contributed by atoms with Crippen LogP contribution >= 0.6 is 11.6 Å². The minimum atomic E-state index is 0.534. The molecule has 1 aromatic carbocycles. The van der Waals surface area contributed by atoms with Crippen molar-refractivity contribution in [1.29, 1.82) is 0 Å². The van der Waals surface area contributed by atoms with E-state index >= 15 is 0 Å². The molecule has 0 radical (unpaired) electrons. The number of hydrogen-bond donors (Lipinski definition) is 1. The first-order valence-corrected chi connectivity index (χ1v) is 6.96. The van der Waals surface area contributed by atoms with Crippen LogP contribution in [0.1, 0.15) is 17.5 Å².